The number of rotatable bonds is 6. The zero-order valence-corrected chi connectivity index (χ0v) is 15.4. The van der Waals surface area contributed by atoms with Crippen molar-refractivity contribution in [2.45, 2.75) is 45.6 Å². The van der Waals surface area contributed by atoms with Crippen LogP contribution in [0.5, 0.6) is 0 Å². The van der Waals surface area contributed by atoms with Crippen molar-refractivity contribution in [2.24, 2.45) is 5.92 Å². The van der Waals surface area contributed by atoms with Gasteiger partial charge in [-0.3, -0.25) is 9.48 Å². The second-order valence-corrected chi connectivity index (χ2v) is 7.00. The van der Waals surface area contributed by atoms with Gasteiger partial charge >= 0.3 is 0 Å². The molecule has 25 heavy (non-hydrogen) atoms. The third kappa shape index (κ3) is 3.97. The van der Waals surface area contributed by atoms with Gasteiger partial charge in [-0.2, -0.15) is 5.10 Å². The average Bonchev–Trinajstić information content (AvgIpc) is 3.19. The van der Waals surface area contributed by atoms with Crippen LogP contribution in [0.4, 0.5) is 0 Å². The third-order valence-corrected chi connectivity index (χ3v) is 4.82. The highest BCUT2D eigenvalue weighted by Crippen LogP contribution is 2.25. The number of carbonyl (C=O) groups is 1. The Labute approximate surface area is 153 Å². The first-order valence-corrected chi connectivity index (χ1v) is 8.74. The maximum absolute atomic E-state index is 12.5. The fourth-order valence-corrected chi connectivity index (χ4v) is 3.15. The van der Waals surface area contributed by atoms with Crippen molar-refractivity contribution < 1.29 is 9.53 Å². The zero-order valence-electron chi connectivity index (χ0n) is 14.6. The molecule has 2 N–H and O–H groups in total. The van der Waals surface area contributed by atoms with Gasteiger partial charge in [-0.05, 0) is 44.4 Å². The van der Waals surface area contributed by atoms with E-state index in [9.17, 15) is 4.79 Å². The number of nitrogens with zero attached hydrogens (tertiary/aromatic N) is 2. The van der Waals surface area contributed by atoms with Crippen molar-refractivity contribution in [2.75, 3.05) is 13.1 Å². The molecular formula is C18H25ClN4O2. The van der Waals surface area contributed by atoms with E-state index in [0.29, 0.717) is 17.6 Å². The molecule has 2 aromatic rings. The SMILES string of the molecule is Cc1c(C(=O)NC(C)OC2CC2)ccc2nn(CC3CNC3)cc12.Cl. The number of ether oxygens (including phenoxy) is 1. The van der Waals surface area contributed by atoms with Gasteiger partial charge in [0.1, 0.15) is 6.23 Å². The van der Waals surface area contributed by atoms with Gasteiger partial charge in [-0.1, -0.05) is 0 Å². The summed E-state index contributed by atoms with van der Waals surface area (Å²) in [6, 6.07) is 3.79. The molecule has 1 aliphatic heterocycles. The Hall–Kier alpha value is -1.63. The summed E-state index contributed by atoms with van der Waals surface area (Å²) in [7, 11) is 0. The molecule has 1 unspecified atom stereocenters. The standard InChI is InChI=1S/C18H24N4O2.ClH/c1-11-15(18(23)20-12(2)24-14-3-4-14)5-6-17-16(11)10-22(21-17)9-13-7-19-8-13;/h5-6,10,12-14,19H,3-4,7-9H2,1-2H3,(H,20,23);1H. The Kier molecular flexibility index (Phi) is 5.32. The number of aromatic nitrogens is 2. The normalized spacial score (nSPS) is 18.5. The van der Waals surface area contributed by atoms with Crippen LogP contribution in [-0.4, -0.2) is 41.1 Å². The Morgan fingerprint density at radius 2 is 2.20 bits per heavy atom. The molecule has 1 amide bonds. The molecule has 1 aliphatic carbocycles. The fourth-order valence-electron chi connectivity index (χ4n) is 3.15. The minimum Gasteiger partial charge on any atom is -0.356 e. The Bertz CT molecular complexity index is 768. The largest absolute Gasteiger partial charge is 0.356 e. The van der Waals surface area contributed by atoms with Crippen LogP contribution in [0.3, 0.4) is 0 Å². The highest BCUT2D eigenvalue weighted by atomic mass is 35.5. The van der Waals surface area contributed by atoms with Crippen LogP contribution in [0, 0.1) is 12.8 Å². The van der Waals surface area contributed by atoms with E-state index >= 15 is 0 Å². The van der Waals surface area contributed by atoms with Crippen molar-refractivity contribution in [1.29, 1.82) is 0 Å². The van der Waals surface area contributed by atoms with Gasteiger partial charge in [-0.15, -0.1) is 12.4 Å². The van der Waals surface area contributed by atoms with Crippen LogP contribution < -0.4 is 10.6 Å². The van der Waals surface area contributed by atoms with E-state index in [1.54, 1.807) is 0 Å². The van der Waals surface area contributed by atoms with Crippen LogP contribution in [0.25, 0.3) is 10.9 Å². The molecule has 4 rings (SSSR count). The van der Waals surface area contributed by atoms with Gasteiger partial charge in [0.25, 0.3) is 5.91 Å². The molecular weight excluding hydrogens is 340 g/mol. The van der Waals surface area contributed by atoms with E-state index < -0.39 is 0 Å². The van der Waals surface area contributed by atoms with Gasteiger partial charge in [-0.25, -0.2) is 0 Å². The number of hydrogen-bond acceptors (Lipinski definition) is 4. The number of fused-ring (bicyclic) bond motifs is 1. The summed E-state index contributed by atoms with van der Waals surface area (Å²) in [5.41, 5.74) is 2.61. The number of halogens is 1. The first-order valence-electron chi connectivity index (χ1n) is 8.74. The Balaban J connectivity index is 0.00000182. The van der Waals surface area contributed by atoms with Gasteiger partial charge in [0.2, 0.25) is 0 Å². The molecule has 1 saturated carbocycles. The van der Waals surface area contributed by atoms with E-state index in [1.165, 1.54) is 0 Å². The summed E-state index contributed by atoms with van der Waals surface area (Å²) in [4.78, 5) is 12.5. The summed E-state index contributed by atoms with van der Waals surface area (Å²) in [6.45, 7) is 6.91. The van der Waals surface area contributed by atoms with Crippen LogP contribution >= 0.6 is 12.4 Å². The van der Waals surface area contributed by atoms with E-state index in [4.69, 9.17) is 4.74 Å². The quantitative estimate of drug-likeness (QED) is 0.771. The summed E-state index contributed by atoms with van der Waals surface area (Å²) >= 11 is 0. The molecule has 0 radical (unpaired) electrons. The maximum atomic E-state index is 12.5. The predicted octanol–water partition coefficient (Wildman–Crippen LogP) is 2.24. The number of aryl methyl sites for hydroxylation is 1. The van der Waals surface area contributed by atoms with Gasteiger partial charge in [0, 0.05) is 42.7 Å². The monoisotopic (exact) mass is 364 g/mol. The number of hydrogen-bond donors (Lipinski definition) is 2. The van der Waals surface area contributed by atoms with Crippen LogP contribution in [0.2, 0.25) is 0 Å². The fraction of sp³-hybridized carbons (Fsp3) is 0.556. The van der Waals surface area contributed by atoms with Gasteiger partial charge < -0.3 is 15.4 Å². The molecule has 1 atom stereocenters. The summed E-state index contributed by atoms with van der Waals surface area (Å²) < 4.78 is 7.70. The first-order chi connectivity index (χ1) is 11.6. The lowest BCUT2D eigenvalue weighted by Gasteiger charge is -2.26. The minimum atomic E-state index is -0.256. The molecule has 7 heteroatoms. The Morgan fingerprint density at radius 1 is 1.44 bits per heavy atom. The lowest BCUT2D eigenvalue weighted by atomic mass is 10.0. The molecule has 2 heterocycles. The molecule has 2 fully saturated rings. The minimum absolute atomic E-state index is 0. The molecule has 1 aromatic carbocycles. The van der Waals surface area contributed by atoms with Crippen molar-refractivity contribution in [1.82, 2.24) is 20.4 Å². The molecule has 0 bridgehead atoms. The molecule has 1 saturated heterocycles. The predicted molar refractivity (Wildman–Crippen MR) is 99.1 cm³/mol. The van der Waals surface area contributed by atoms with E-state index in [-0.39, 0.29) is 24.5 Å². The molecule has 0 spiro atoms. The van der Waals surface area contributed by atoms with Crippen molar-refractivity contribution in [3.05, 3.63) is 29.5 Å². The van der Waals surface area contributed by atoms with Gasteiger partial charge in [0.05, 0.1) is 11.6 Å². The van der Waals surface area contributed by atoms with Crippen molar-refractivity contribution in [3.63, 3.8) is 0 Å². The highest BCUT2D eigenvalue weighted by molar-refractivity contribution is 6.00. The topological polar surface area (TPSA) is 68.2 Å². The van der Waals surface area contributed by atoms with Crippen molar-refractivity contribution >= 4 is 29.2 Å². The molecule has 1 aromatic heterocycles. The van der Waals surface area contributed by atoms with E-state index in [1.807, 2.05) is 30.7 Å². The third-order valence-electron chi connectivity index (χ3n) is 4.82. The zero-order chi connectivity index (χ0) is 16.7. The molecule has 6 nitrogen and oxygen atoms in total. The second kappa shape index (κ2) is 7.32. The number of amides is 1. The molecule has 136 valence electrons. The lowest BCUT2D eigenvalue weighted by Crippen LogP contribution is -2.44. The van der Waals surface area contributed by atoms with Crippen LogP contribution in [0.15, 0.2) is 18.3 Å². The second-order valence-electron chi connectivity index (χ2n) is 7.00. The summed E-state index contributed by atoms with van der Waals surface area (Å²) in [5.74, 6) is 0.571. The number of benzene rings is 1. The van der Waals surface area contributed by atoms with Crippen molar-refractivity contribution in [3.8, 4) is 0 Å². The summed E-state index contributed by atoms with van der Waals surface area (Å²) in [5, 5.41) is 11.9. The maximum Gasteiger partial charge on any atom is 0.253 e. The molecule has 2 aliphatic rings. The average molecular weight is 365 g/mol. The van der Waals surface area contributed by atoms with E-state index in [2.05, 4.69) is 21.9 Å². The first kappa shape index (κ1) is 18.2. The lowest BCUT2D eigenvalue weighted by molar-refractivity contribution is 0.0282. The van der Waals surface area contributed by atoms with Crippen LogP contribution in [0.1, 0.15) is 35.7 Å². The van der Waals surface area contributed by atoms with Crippen LogP contribution in [-0.2, 0) is 11.3 Å². The number of nitrogens with one attached hydrogen (secondary N) is 2. The Morgan fingerprint density at radius 3 is 2.84 bits per heavy atom. The number of carbonyl (C=O) groups excluding carboxylic acids is 1. The smallest absolute Gasteiger partial charge is 0.253 e. The van der Waals surface area contributed by atoms with Gasteiger partial charge in [0.15, 0.2) is 0 Å². The van der Waals surface area contributed by atoms with E-state index in [0.717, 1.165) is 48.9 Å². The summed E-state index contributed by atoms with van der Waals surface area (Å²) in [6.07, 6.45) is 4.32. The highest BCUT2D eigenvalue weighted by Gasteiger charge is 2.25.